The maximum atomic E-state index is 15.3. The third-order valence-corrected chi connectivity index (χ3v) is 6.20. The van der Waals surface area contributed by atoms with Gasteiger partial charge in [-0.1, -0.05) is 18.5 Å². The van der Waals surface area contributed by atoms with Crippen molar-refractivity contribution in [2.45, 2.75) is 39.7 Å². The number of ether oxygens (including phenoxy) is 1. The molecule has 2 aromatic heterocycles. The smallest absolute Gasteiger partial charge is 0.310 e. The van der Waals surface area contributed by atoms with E-state index in [2.05, 4.69) is 9.97 Å². The van der Waals surface area contributed by atoms with E-state index in [-0.39, 0.29) is 35.5 Å². The molecule has 4 rings (SSSR count). The maximum Gasteiger partial charge on any atom is 0.310 e. The first kappa shape index (κ1) is 23.7. The van der Waals surface area contributed by atoms with Crippen LogP contribution in [0.25, 0.3) is 5.52 Å². The lowest BCUT2D eigenvalue weighted by Crippen LogP contribution is -2.53. The number of fused-ring (bicyclic) bond motifs is 1. The molecule has 1 aliphatic rings. The molecule has 3 aromatic rings. The summed E-state index contributed by atoms with van der Waals surface area (Å²) in [5.41, 5.74) is 7.52. The molecule has 1 fully saturated rings. The summed E-state index contributed by atoms with van der Waals surface area (Å²) in [6.07, 6.45) is 2.91. The fourth-order valence-corrected chi connectivity index (χ4v) is 4.39. The number of hydrogen-bond donors (Lipinski definition) is 2. The number of amides is 1. The Morgan fingerprint density at radius 3 is 2.62 bits per heavy atom. The minimum absolute atomic E-state index is 0.0114. The second-order valence-corrected chi connectivity index (χ2v) is 9.09. The van der Waals surface area contributed by atoms with E-state index < -0.39 is 29.5 Å². The minimum atomic E-state index is -1.00. The molecule has 0 bridgehead atoms. The molecular formula is C23H25ClFN5O4. The first-order valence-corrected chi connectivity index (χ1v) is 11.2. The van der Waals surface area contributed by atoms with E-state index in [1.54, 1.807) is 30.6 Å². The number of hydrogen-bond acceptors (Lipinski definition) is 6. The number of carbonyl (C=O) groups excluding carboxylic acids is 1. The van der Waals surface area contributed by atoms with E-state index >= 15 is 4.39 Å². The third-order valence-electron chi connectivity index (χ3n) is 5.92. The quantitative estimate of drug-likeness (QED) is 0.543. The molecule has 0 saturated carbocycles. The second kappa shape index (κ2) is 8.75. The number of carboxylic acid groups (broad SMARTS) is 1. The number of likely N-dealkylation sites (tertiary alicyclic amines) is 1. The number of aromatic nitrogens is 3. The highest BCUT2D eigenvalue weighted by molar-refractivity contribution is 6.31. The standard InChI is InChI=1S/C23H25ClFN5O4/c1-10(2)34-19-14(11(3)21-28-12(4)18-20(26)27-5-6-30(18)21)7-15(24)17(25)16(19)22(31)29-8-13(9-29)23(32)33/h5-7,10-11,13H,8-9H2,1-4H3,(H2,26,27)(H,32,33). The number of nitrogens with zero attached hydrogens (tertiary/aromatic N) is 4. The van der Waals surface area contributed by atoms with Gasteiger partial charge in [-0.3, -0.25) is 14.0 Å². The Labute approximate surface area is 200 Å². The Bertz CT molecular complexity index is 1300. The third kappa shape index (κ3) is 3.91. The molecule has 0 radical (unpaired) electrons. The molecule has 1 aliphatic heterocycles. The van der Waals surface area contributed by atoms with Crippen LogP contribution in [0.4, 0.5) is 10.2 Å². The van der Waals surface area contributed by atoms with Gasteiger partial charge >= 0.3 is 5.97 Å². The number of anilines is 1. The lowest BCUT2D eigenvalue weighted by Gasteiger charge is -2.37. The van der Waals surface area contributed by atoms with Crippen LogP contribution in [0, 0.1) is 18.7 Å². The molecule has 0 spiro atoms. The van der Waals surface area contributed by atoms with Crippen LogP contribution in [0.3, 0.4) is 0 Å². The van der Waals surface area contributed by atoms with Crippen molar-refractivity contribution in [1.29, 1.82) is 0 Å². The zero-order valence-electron chi connectivity index (χ0n) is 19.2. The van der Waals surface area contributed by atoms with Crippen molar-refractivity contribution in [1.82, 2.24) is 19.3 Å². The molecule has 180 valence electrons. The summed E-state index contributed by atoms with van der Waals surface area (Å²) in [6.45, 7) is 7.16. The first-order valence-electron chi connectivity index (χ1n) is 10.8. The van der Waals surface area contributed by atoms with Gasteiger partial charge in [-0.25, -0.2) is 14.4 Å². The summed E-state index contributed by atoms with van der Waals surface area (Å²) in [7, 11) is 0. The Balaban J connectivity index is 1.86. The molecule has 1 unspecified atom stereocenters. The van der Waals surface area contributed by atoms with Crippen molar-refractivity contribution < 1.29 is 23.8 Å². The zero-order chi connectivity index (χ0) is 24.9. The van der Waals surface area contributed by atoms with Crippen molar-refractivity contribution in [2.24, 2.45) is 5.92 Å². The van der Waals surface area contributed by atoms with Crippen LogP contribution < -0.4 is 10.5 Å². The summed E-state index contributed by atoms with van der Waals surface area (Å²) in [6, 6.07) is 1.44. The largest absolute Gasteiger partial charge is 0.490 e. The van der Waals surface area contributed by atoms with Crippen LogP contribution in [0.2, 0.25) is 5.02 Å². The van der Waals surface area contributed by atoms with Crippen molar-refractivity contribution in [2.75, 3.05) is 18.8 Å². The predicted molar refractivity (Wildman–Crippen MR) is 124 cm³/mol. The highest BCUT2D eigenvalue weighted by atomic mass is 35.5. The molecule has 1 aromatic carbocycles. The Hall–Kier alpha value is -3.40. The highest BCUT2D eigenvalue weighted by Gasteiger charge is 2.39. The topological polar surface area (TPSA) is 123 Å². The summed E-state index contributed by atoms with van der Waals surface area (Å²) >= 11 is 6.24. The van der Waals surface area contributed by atoms with Gasteiger partial charge in [-0.15, -0.1) is 0 Å². The van der Waals surface area contributed by atoms with Gasteiger partial charge in [0.2, 0.25) is 0 Å². The molecule has 3 heterocycles. The maximum absolute atomic E-state index is 15.3. The zero-order valence-corrected chi connectivity index (χ0v) is 19.9. The predicted octanol–water partition coefficient (Wildman–Crippen LogP) is 3.51. The molecule has 3 N–H and O–H groups in total. The number of carboxylic acids is 1. The van der Waals surface area contributed by atoms with E-state index in [0.717, 1.165) is 0 Å². The summed E-state index contributed by atoms with van der Waals surface area (Å²) < 4.78 is 23.0. The Morgan fingerprint density at radius 1 is 1.32 bits per heavy atom. The number of rotatable bonds is 6. The molecule has 34 heavy (non-hydrogen) atoms. The number of aliphatic carboxylic acids is 1. The number of carbonyl (C=O) groups is 2. The molecular weight excluding hydrogens is 465 g/mol. The number of benzene rings is 1. The van der Waals surface area contributed by atoms with Gasteiger partial charge in [0.25, 0.3) is 5.91 Å². The van der Waals surface area contributed by atoms with Crippen LogP contribution in [-0.4, -0.2) is 55.4 Å². The Morgan fingerprint density at radius 2 is 2.00 bits per heavy atom. The molecule has 1 saturated heterocycles. The number of nitrogens with two attached hydrogens (primary N) is 1. The fraction of sp³-hybridized carbons (Fsp3) is 0.391. The van der Waals surface area contributed by atoms with Gasteiger partial charge < -0.3 is 20.5 Å². The monoisotopic (exact) mass is 489 g/mol. The molecule has 0 aliphatic carbocycles. The van der Waals surface area contributed by atoms with Gasteiger partial charge in [0.1, 0.15) is 28.5 Å². The van der Waals surface area contributed by atoms with Crippen LogP contribution in [-0.2, 0) is 4.79 Å². The van der Waals surface area contributed by atoms with Gasteiger partial charge in [0.05, 0.1) is 22.7 Å². The minimum Gasteiger partial charge on any atom is -0.490 e. The molecule has 1 amide bonds. The van der Waals surface area contributed by atoms with Gasteiger partial charge in [0, 0.05) is 37.0 Å². The van der Waals surface area contributed by atoms with Crippen molar-refractivity contribution in [3.05, 3.63) is 51.9 Å². The van der Waals surface area contributed by atoms with Crippen molar-refractivity contribution >= 4 is 34.8 Å². The lowest BCUT2D eigenvalue weighted by molar-refractivity contribution is -0.146. The normalized spacial score (nSPS) is 15.0. The number of imidazole rings is 1. The van der Waals surface area contributed by atoms with E-state index in [1.807, 2.05) is 13.8 Å². The summed E-state index contributed by atoms with van der Waals surface area (Å²) in [4.78, 5) is 34.5. The van der Waals surface area contributed by atoms with Crippen LogP contribution >= 0.6 is 11.6 Å². The highest BCUT2D eigenvalue weighted by Crippen LogP contribution is 2.41. The lowest BCUT2D eigenvalue weighted by atomic mass is 9.93. The molecule has 11 heteroatoms. The van der Waals surface area contributed by atoms with E-state index in [9.17, 15) is 9.59 Å². The van der Waals surface area contributed by atoms with E-state index in [0.29, 0.717) is 28.4 Å². The van der Waals surface area contributed by atoms with Crippen molar-refractivity contribution in [3.63, 3.8) is 0 Å². The Kier molecular flexibility index (Phi) is 6.11. The summed E-state index contributed by atoms with van der Waals surface area (Å²) in [5, 5.41) is 8.91. The fourth-order valence-electron chi connectivity index (χ4n) is 4.18. The van der Waals surface area contributed by atoms with Crippen LogP contribution in [0.1, 0.15) is 54.1 Å². The van der Waals surface area contributed by atoms with E-state index in [1.165, 1.54) is 11.0 Å². The van der Waals surface area contributed by atoms with Crippen LogP contribution in [0.15, 0.2) is 18.5 Å². The summed E-state index contributed by atoms with van der Waals surface area (Å²) in [5.74, 6) is -2.76. The van der Waals surface area contributed by atoms with Crippen LogP contribution in [0.5, 0.6) is 5.75 Å². The number of aryl methyl sites for hydroxylation is 1. The average Bonchev–Trinajstić information content (AvgIpc) is 3.06. The SMILES string of the molecule is Cc1nc(C(C)c2cc(Cl)c(F)c(C(=O)N3CC(C(=O)O)C3)c2OC(C)C)n2ccnc(N)c12. The number of halogens is 2. The van der Waals surface area contributed by atoms with Crippen molar-refractivity contribution in [3.8, 4) is 5.75 Å². The molecule has 9 nitrogen and oxygen atoms in total. The van der Waals surface area contributed by atoms with Gasteiger partial charge in [-0.05, 0) is 26.8 Å². The first-order chi connectivity index (χ1) is 16.0. The average molecular weight is 490 g/mol. The van der Waals surface area contributed by atoms with Gasteiger partial charge in [0.15, 0.2) is 5.82 Å². The van der Waals surface area contributed by atoms with E-state index in [4.69, 9.17) is 27.2 Å². The second-order valence-electron chi connectivity index (χ2n) is 8.69. The molecule has 1 atom stereocenters. The number of nitrogen functional groups attached to an aromatic ring is 1. The van der Waals surface area contributed by atoms with Gasteiger partial charge in [-0.2, -0.15) is 0 Å².